The fourth-order valence-corrected chi connectivity index (χ4v) is 5.00. The number of methoxy groups -OCH3 is 1. The van der Waals surface area contributed by atoms with Crippen molar-refractivity contribution in [1.29, 1.82) is 0 Å². The predicted molar refractivity (Wildman–Crippen MR) is 154 cm³/mol. The van der Waals surface area contributed by atoms with Gasteiger partial charge in [0.15, 0.2) is 0 Å². The number of aliphatic hydroxyl groups is 1. The van der Waals surface area contributed by atoms with Crippen LogP contribution in [0.2, 0.25) is 0 Å². The fourth-order valence-electron chi connectivity index (χ4n) is 5.00. The summed E-state index contributed by atoms with van der Waals surface area (Å²) < 4.78 is 10.6. The molecule has 3 aromatic rings. The van der Waals surface area contributed by atoms with Gasteiger partial charge < -0.3 is 14.6 Å². The second-order valence-electron chi connectivity index (χ2n) is 10.8. The molecule has 1 atom stereocenters. The average Bonchev–Trinajstić information content (AvgIpc) is 3.18. The summed E-state index contributed by atoms with van der Waals surface area (Å²) in [6.45, 7) is 10.4. The molecule has 7 heteroatoms. The predicted octanol–water partition coefficient (Wildman–Crippen LogP) is 6.03. The lowest BCUT2D eigenvalue weighted by Crippen LogP contribution is -2.29. The number of Topliss-reactive ketones (excluding diaryl/α,β-unsaturated/α-hetero) is 1. The average molecular weight is 542 g/mol. The van der Waals surface area contributed by atoms with Crippen LogP contribution in [-0.2, 0) is 31.0 Å². The first-order valence-corrected chi connectivity index (χ1v) is 13.3. The molecular formula is C33H35NO6. The SMILES string of the molecule is CCOc1ccc(/C(O)=C2\C(=O)C(=O)N(c3ccc(CC(=O)OC)cc3)C2c2ccccc2C)cc1C(C)(C)C. The van der Waals surface area contributed by atoms with Crippen molar-refractivity contribution in [2.45, 2.75) is 52.5 Å². The third kappa shape index (κ3) is 5.50. The molecule has 1 aliphatic heterocycles. The van der Waals surface area contributed by atoms with Gasteiger partial charge in [0.25, 0.3) is 11.7 Å². The number of hydrogen-bond donors (Lipinski definition) is 1. The van der Waals surface area contributed by atoms with E-state index in [4.69, 9.17) is 9.47 Å². The van der Waals surface area contributed by atoms with Crippen molar-refractivity contribution in [1.82, 2.24) is 0 Å². The second kappa shape index (κ2) is 11.4. The van der Waals surface area contributed by atoms with Gasteiger partial charge in [0.1, 0.15) is 11.5 Å². The Hall–Kier alpha value is -4.39. The molecule has 1 N–H and O–H groups in total. The molecule has 1 saturated heterocycles. The number of nitrogens with zero attached hydrogens (tertiary/aromatic N) is 1. The van der Waals surface area contributed by atoms with Crippen LogP contribution in [0.5, 0.6) is 5.75 Å². The van der Waals surface area contributed by atoms with E-state index in [0.29, 0.717) is 29.2 Å². The first-order chi connectivity index (χ1) is 19.0. The number of benzene rings is 3. The van der Waals surface area contributed by atoms with Crippen molar-refractivity contribution >= 4 is 29.1 Å². The Morgan fingerprint density at radius 2 is 1.68 bits per heavy atom. The monoisotopic (exact) mass is 541 g/mol. The number of ether oxygens (including phenoxy) is 2. The van der Waals surface area contributed by atoms with Gasteiger partial charge in [-0.3, -0.25) is 19.3 Å². The van der Waals surface area contributed by atoms with Gasteiger partial charge in [0, 0.05) is 16.8 Å². The van der Waals surface area contributed by atoms with Crippen molar-refractivity contribution in [3.63, 3.8) is 0 Å². The number of carbonyl (C=O) groups excluding carboxylic acids is 3. The van der Waals surface area contributed by atoms with Crippen LogP contribution in [0.3, 0.4) is 0 Å². The first-order valence-electron chi connectivity index (χ1n) is 13.3. The van der Waals surface area contributed by atoms with Gasteiger partial charge in [0.2, 0.25) is 0 Å². The highest BCUT2D eigenvalue weighted by Crippen LogP contribution is 2.44. The van der Waals surface area contributed by atoms with Gasteiger partial charge in [-0.2, -0.15) is 0 Å². The lowest BCUT2D eigenvalue weighted by Gasteiger charge is -2.27. The minimum absolute atomic E-state index is 0.0157. The molecule has 0 radical (unpaired) electrons. The van der Waals surface area contributed by atoms with E-state index in [-0.39, 0.29) is 29.1 Å². The second-order valence-corrected chi connectivity index (χ2v) is 10.8. The quantitative estimate of drug-likeness (QED) is 0.170. The van der Waals surface area contributed by atoms with Gasteiger partial charge >= 0.3 is 5.97 Å². The molecule has 1 fully saturated rings. The van der Waals surface area contributed by atoms with Crippen LogP contribution in [0.4, 0.5) is 5.69 Å². The molecule has 1 unspecified atom stereocenters. The van der Waals surface area contributed by atoms with E-state index in [1.165, 1.54) is 12.0 Å². The van der Waals surface area contributed by atoms with Crippen LogP contribution in [0.1, 0.15) is 61.6 Å². The lowest BCUT2D eigenvalue weighted by atomic mass is 9.84. The molecule has 0 spiro atoms. The molecule has 7 nitrogen and oxygen atoms in total. The lowest BCUT2D eigenvalue weighted by molar-refractivity contribution is -0.139. The van der Waals surface area contributed by atoms with Crippen LogP contribution in [0, 0.1) is 6.92 Å². The van der Waals surface area contributed by atoms with E-state index in [2.05, 4.69) is 0 Å². The number of aliphatic hydroxyl groups excluding tert-OH is 1. The van der Waals surface area contributed by atoms with Gasteiger partial charge in [0.05, 0.1) is 31.8 Å². The maximum Gasteiger partial charge on any atom is 0.309 e. The maximum absolute atomic E-state index is 13.6. The van der Waals surface area contributed by atoms with Crippen molar-refractivity contribution in [2.75, 3.05) is 18.6 Å². The highest BCUT2D eigenvalue weighted by atomic mass is 16.5. The normalized spacial score (nSPS) is 16.8. The van der Waals surface area contributed by atoms with E-state index < -0.39 is 17.7 Å². The summed E-state index contributed by atoms with van der Waals surface area (Å²) in [7, 11) is 1.33. The molecular weight excluding hydrogens is 506 g/mol. The van der Waals surface area contributed by atoms with E-state index in [9.17, 15) is 19.5 Å². The summed E-state index contributed by atoms with van der Waals surface area (Å²) in [5.41, 5.74) is 3.81. The number of aryl methyl sites for hydroxylation is 1. The van der Waals surface area contributed by atoms with E-state index in [0.717, 1.165) is 16.7 Å². The zero-order valence-electron chi connectivity index (χ0n) is 23.8. The Morgan fingerprint density at radius 3 is 2.27 bits per heavy atom. The van der Waals surface area contributed by atoms with Crippen LogP contribution >= 0.6 is 0 Å². The van der Waals surface area contributed by atoms with Crippen LogP contribution < -0.4 is 9.64 Å². The van der Waals surface area contributed by atoms with E-state index >= 15 is 0 Å². The third-order valence-electron chi connectivity index (χ3n) is 7.08. The summed E-state index contributed by atoms with van der Waals surface area (Å²) in [4.78, 5) is 40.3. The number of anilines is 1. The number of ketones is 1. The van der Waals surface area contributed by atoms with Crippen LogP contribution in [0.25, 0.3) is 5.76 Å². The number of amides is 1. The summed E-state index contributed by atoms with van der Waals surface area (Å²) in [5, 5.41) is 11.7. The van der Waals surface area contributed by atoms with E-state index in [1.54, 1.807) is 36.4 Å². The van der Waals surface area contributed by atoms with Gasteiger partial charge in [-0.15, -0.1) is 0 Å². The van der Waals surface area contributed by atoms with Gasteiger partial charge in [-0.05, 0) is 66.3 Å². The number of esters is 1. The summed E-state index contributed by atoms with van der Waals surface area (Å²) in [6.07, 6.45) is 0.0880. The molecule has 0 aromatic heterocycles. The third-order valence-corrected chi connectivity index (χ3v) is 7.08. The summed E-state index contributed by atoms with van der Waals surface area (Å²) in [6, 6.07) is 18.8. The number of rotatable bonds is 7. The Balaban J connectivity index is 1.89. The molecule has 0 bridgehead atoms. The molecule has 1 amide bonds. The first kappa shape index (κ1) is 28.6. The molecule has 0 saturated carbocycles. The Labute approximate surface area is 235 Å². The van der Waals surface area contributed by atoms with Crippen LogP contribution in [0.15, 0.2) is 72.3 Å². The molecule has 40 heavy (non-hydrogen) atoms. The van der Waals surface area contributed by atoms with Crippen molar-refractivity contribution in [2.24, 2.45) is 0 Å². The zero-order valence-corrected chi connectivity index (χ0v) is 23.8. The van der Waals surface area contributed by atoms with Gasteiger partial charge in [-0.25, -0.2) is 0 Å². The molecule has 1 heterocycles. The molecule has 208 valence electrons. The topological polar surface area (TPSA) is 93.1 Å². The summed E-state index contributed by atoms with van der Waals surface area (Å²) in [5.74, 6) is -1.43. The fraction of sp³-hybridized carbons (Fsp3) is 0.303. The molecule has 1 aliphatic rings. The van der Waals surface area contributed by atoms with Crippen molar-refractivity contribution < 1.29 is 29.0 Å². The Morgan fingerprint density at radius 1 is 1.00 bits per heavy atom. The standard InChI is InChI=1S/C33H35NO6/c1-7-40-26-17-14-22(19-25(26)33(3,4)5)30(36)28-29(24-11-9-8-10-20(24)2)34(32(38)31(28)37)23-15-12-21(13-16-23)18-27(35)39-6/h8-17,19,29,36H,7,18H2,1-6H3/b30-28+. The largest absolute Gasteiger partial charge is 0.507 e. The smallest absolute Gasteiger partial charge is 0.309 e. The highest BCUT2D eigenvalue weighted by Gasteiger charge is 2.47. The molecule has 4 rings (SSSR count). The number of hydrogen-bond acceptors (Lipinski definition) is 6. The minimum Gasteiger partial charge on any atom is -0.507 e. The number of carbonyl (C=O) groups is 3. The highest BCUT2D eigenvalue weighted by molar-refractivity contribution is 6.51. The Kier molecular flexibility index (Phi) is 8.14. The van der Waals surface area contributed by atoms with E-state index in [1.807, 2.05) is 65.0 Å². The van der Waals surface area contributed by atoms with Gasteiger partial charge in [-0.1, -0.05) is 57.2 Å². The molecule has 3 aromatic carbocycles. The molecule has 0 aliphatic carbocycles. The van der Waals surface area contributed by atoms with Crippen LogP contribution in [-0.4, -0.2) is 36.5 Å². The summed E-state index contributed by atoms with van der Waals surface area (Å²) >= 11 is 0. The Bertz CT molecular complexity index is 1480. The van der Waals surface area contributed by atoms with Crippen molar-refractivity contribution in [3.05, 3.63) is 100 Å². The minimum atomic E-state index is -0.850. The maximum atomic E-state index is 13.6. The van der Waals surface area contributed by atoms with Crippen molar-refractivity contribution in [3.8, 4) is 5.75 Å². The zero-order chi connectivity index (χ0) is 29.2.